The van der Waals surface area contributed by atoms with E-state index in [1.54, 1.807) is 18.7 Å². The molecule has 2 saturated carbocycles. The van der Waals surface area contributed by atoms with E-state index in [0.29, 0.717) is 42.9 Å². The Hall–Kier alpha value is -1.99. The van der Waals surface area contributed by atoms with Crippen LogP contribution in [0, 0.1) is 25.2 Å². The molecule has 0 bridgehead atoms. The molecule has 1 aromatic heterocycles. The van der Waals surface area contributed by atoms with Crippen molar-refractivity contribution in [2.75, 3.05) is 13.1 Å². The summed E-state index contributed by atoms with van der Waals surface area (Å²) in [6.07, 6.45) is 3.31. The highest BCUT2D eigenvalue weighted by Gasteiger charge is 2.54. The van der Waals surface area contributed by atoms with Crippen LogP contribution in [0.4, 0.5) is 8.78 Å². The third-order valence-corrected chi connectivity index (χ3v) is 6.74. The number of aromatic nitrogens is 1. The minimum atomic E-state index is -2.79. The van der Waals surface area contributed by atoms with Crippen molar-refractivity contribution in [3.8, 4) is 0 Å². The van der Waals surface area contributed by atoms with Gasteiger partial charge in [-0.25, -0.2) is 8.78 Å². The van der Waals surface area contributed by atoms with Gasteiger partial charge in [0.1, 0.15) is 11.3 Å². The maximum absolute atomic E-state index is 13.5. The fourth-order valence-electron chi connectivity index (χ4n) is 5.01. The lowest BCUT2D eigenvalue weighted by Gasteiger charge is -2.39. The maximum Gasteiger partial charge on any atom is 0.267 e. The van der Waals surface area contributed by atoms with E-state index in [2.05, 4.69) is 10.5 Å². The number of nitrogens with one attached hydrogen (secondary N) is 1. The van der Waals surface area contributed by atoms with E-state index in [4.69, 9.17) is 4.52 Å². The lowest BCUT2D eigenvalue weighted by Crippen LogP contribution is -2.57. The number of nitrogens with zero attached hydrogens (tertiary/aromatic N) is 2. The molecule has 2 heterocycles. The van der Waals surface area contributed by atoms with Gasteiger partial charge < -0.3 is 14.7 Å². The fourth-order valence-corrected chi connectivity index (χ4v) is 5.01. The van der Waals surface area contributed by atoms with Gasteiger partial charge >= 0.3 is 0 Å². The summed E-state index contributed by atoms with van der Waals surface area (Å²) in [4.78, 5) is 27.4. The van der Waals surface area contributed by atoms with Crippen molar-refractivity contribution in [1.82, 2.24) is 15.4 Å². The molecule has 0 aromatic carbocycles. The Balaban J connectivity index is 1.47. The minimum Gasteiger partial charge on any atom is -0.361 e. The Bertz CT molecular complexity index is 759. The smallest absolute Gasteiger partial charge is 0.267 e. The molecule has 1 aromatic rings. The molecule has 1 aliphatic heterocycles. The highest BCUT2D eigenvalue weighted by molar-refractivity contribution is 5.96. The zero-order chi connectivity index (χ0) is 19.4. The van der Waals surface area contributed by atoms with Crippen molar-refractivity contribution < 1.29 is 22.9 Å². The number of likely N-dealkylation sites (tertiary alicyclic amines) is 1. The molecule has 1 N–H and O–H groups in total. The molecule has 3 atom stereocenters. The van der Waals surface area contributed by atoms with Gasteiger partial charge in [0.05, 0.1) is 11.7 Å². The molecule has 148 valence electrons. The van der Waals surface area contributed by atoms with Crippen molar-refractivity contribution in [2.24, 2.45) is 11.3 Å². The third-order valence-electron chi connectivity index (χ3n) is 6.74. The number of rotatable bonds is 3. The molecule has 2 aliphatic carbocycles. The van der Waals surface area contributed by atoms with E-state index in [9.17, 15) is 18.4 Å². The van der Waals surface area contributed by atoms with Gasteiger partial charge in [-0.15, -0.1) is 0 Å². The van der Waals surface area contributed by atoms with Crippen LogP contribution in [0.25, 0.3) is 0 Å². The summed E-state index contributed by atoms with van der Waals surface area (Å²) in [5.74, 6) is -3.01. The molecule has 2 amide bonds. The van der Waals surface area contributed by atoms with Crippen LogP contribution < -0.4 is 5.32 Å². The lowest BCUT2D eigenvalue weighted by molar-refractivity contribution is -0.142. The van der Waals surface area contributed by atoms with Crippen molar-refractivity contribution >= 4 is 11.8 Å². The molecular formula is C19H25F2N3O3. The van der Waals surface area contributed by atoms with Gasteiger partial charge in [0.15, 0.2) is 0 Å². The molecule has 8 heteroatoms. The molecule has 0 radical (unpaired) electrons. The zero-order valence-corrected chi connectivity index (χ0v) is 15.7. The third kappa shape index (κ3) is 2.93. The van der Waals surface area contributed by atoms with E-state index < -0.39 is 12.0 Å². The molecule has 27 heavy (non-hydrogen) atoms. The molecule has 3 aliphatic rings. The zero-order valence-electron chi connectivity index (χ0n) is 15.7. The fraction of sp³-hybridized carbons (Fsp3) is 0.737. The number of aryl methyl sites for hydroxylation is 2. The van der Waals surface area contributed by atoms with Gasteiger partial charge in [0, 0.05) is 30.8 Å². The van der Waals surface area contributed by atoms with Gasteiger partial charge in [-0.1, -0.05) is 11.6 Å². The molecule has 4 rings (SSSR count). The predicted octanol–water partition coefficient (Wildman–Crippen LogP) is 2.84. The van der Waals surface area contributed by atoms with Gasteiger partial charge in [-0.3, -0.25) is 9.59 Å². The summed E-state index contributed by atoms with van der Waals surface area (Å²) < 4.78 is 32.2. The quantitative estimate of drug-likeness (QED) is 0.874. The Morgan fingerprint density at radius 1 is 1.22 bits per heavy atom. The van der Waals surface area contributed by atoms with E-state index in [1.807, 2.05) is 0 Å². The van der Waals surface area contributed by atoms with Gasteiger partial charge in [-0.2, -0.15) is 0 Å². The summed E-state index contributed by atoms with van der Waals surface area (Å²) in [5.41, 5.74) is 0.740. The average molecular weight is 381 g/mol. The van der Waals surface area contributed by atoms with Crippen LogP contribution in [0.3, 0.4) is 0 Å². The summed E-state index contributed by atoms with van der Waals surface area (Å²) in [6, 6.07) is -1.04. The number of alkyl halides is 2. The molecule has 0 unspecified atom stereocenters. The monoisotopic (exact) mass is 381 g/mol. The first-order chi connectivity index (χ1) is 12.7. The molecule has 3 fully saturated rings. The summed E-state index contributed by atoms with van der Waals surface area (Å²) in [7, 11) is 0. The van der Waals surface area contributed by atoms with Crippen LogP contribution >= 0.6 is 0 Å². The van der Waals surface area contributed by atoms with Gasteiger partial charge in [0.25, 0.3) is 11.8 Å². The lowest BCUT2D eigenvalue weighted by atomic mass is 9.76. The van der Waals surface area contributed by atoms with Crippen molar-refractivity contribution in [3.63, 3.8) is 0 Å². The average Bonchev–Trinajstić information content (AvgIpc) is 3.32. The van der Waals surface area contributed by atoms with Crippen LogP contribution in [0.2, 0.25) is 0 Å². The number of carbonyl (C=O) groups excluding carboxylic acids is 2. The Morgan fingerprint density at radius 2 is 2.00 bits per heavy atom. The molecule has 1 spiro atoms. The second-order valence-electron chi connectivity index (χ2n) is 8.34. The second kappa shape index (κ2) is 6.27. The Morgan fingerprint density at radius 3 is 2.59 bits per heavy atom. The first-order valence-electron chi connectivity index (χ1n) is 9.64. The van der Waals surface area contributed by atoms with E-state index >= 15 is 0 Å². The SMILES string of the molecule is Cc1noc(C)c1C(=O)N1CC[C@]2(CCC[C@H]2C(=O)N[C@H]2CCC2(F)F)C1. The van der Waals surface area contributed by atoms with Crippen LogP contribution in [-0.4, -0.2) is 46.9 Å². The van der Waals surface area contributed by atoms with Crippen molar-refractivity contribution in [3.05, 3.63) is 17.0 Å². The van der Waals surface area contributed by atoms with E-state index in [1.165, 1.54) is 0 Å². The summed E-state index contributed by atoms with van der Waals surface area (Å²) >= 11 is 0. The number of carbonyl (C=O) groups is 2. The van der Waals surface area contributed by atoms with E-state index in [-0.39, 0.29) is 29.6 Å². The largest absolute Gasteiger partial charge is 0.361 e. The highest BCUT2D eigenvalue weighted by Crippen LogP contribution is 2.50. The maximum atomic E-state index is 13.5. The van der Waals surface area contributed by atoms with Gasteiger partial charge in [0.2, 0.25) is 5.91 Å². The van der Waals surface area contributed by atoms with Crippen molar-refractivity contribution in [1.29, 1.82) is 0 Å². The Labute approximate surface area is 156 Å². The van der Waals surface area contributed by atoms with Crippen molar-refractivity contribution in [2.45, 2.75) is 64.3 Å². The second-order valence-corrected chi connectivity index (χ2v) is 8.34. The number of amides is 2. The predicted molar refractivity (Wildman–Crippen MR) is 92.4 cm³/mol. The first-order valence-corrected chi connectivity index (χ1v) is 9.64. The summed E-state index contributed by atoms with van der Waals surface area (Å²) in [6.45, 7) is 4.49. The van der Waals surface area contributed by atoms with Crippen LogP contribution in [0.5, 0.6) is 0 Å². The standard InChI is InChI=1S/C19H25F2N3O3/c1-11-15(12(2)27-23-11)17(26)24-9-8-18(10-24)6-3-4-13(18)16(25)22-14-5-7-19(14,20)21/h13-14H,3-10H2,1-2H3,(H,22,25)/t13-,14-,18+/m0/s1. The topological polar surface area (TPSA) is 75.4 Å². The highest BCUT2D eigenvalue weighted by atomic mass is 19.3. The first kappa shape index (κ1) is 18.4. The summed E-state index contributed by atoms with van der Waals surface area (Å²) in [5, 5.41) is 6.42. The van der Waals surface area contributed by atoms with Crippen LogP contribution in [-0.2, 0) is 4.79 Å². The van der Waals surface area contributed by atoms with Gasteiger partial charge in [-0.05, 0) is 39.5 Å². The van der Waals surface area contributed by atoms with Crippen LogP contribution in [0.1, 0.15) is 60.3 Å². The molecule has 6 nitrogen and oxygen atoms in total. The number of hydrogen-bond acceptors (Lipinski definition) is 4. The normalized spacial score (nSPS) is 31.9. The number of halogens is 2. The Kier molecular flexibility index (Phi) is 4.27. The molecular weight excluding hydrogens is 356 g/mol. The van der Waals surface area contributed by atoms with Crippen LogP contribution in [0.15, 0.2) is 4.52 Å². The molecule has 1 saturated heterocycles. The minimum absolute atomic E-state index is 0.125. The number of hydrogen-bond donors (Lipinski definition) is 1. The van der Waals surface area contributed by atoms with E-state index in [0.717, 1.165) is 19.3 Å².